The van der Waals surface area contributed by atoms with E-state index < -0.39 is 0 Å². The maximum Gasteiger partial charge on any atom is 0.135 e. The lowest BCUT2D eigenvalue weighted by Crippen LogP contribution is -1.57. The number of benzene rings is 1. The van der Waals surface area contributed by atoms with Gasteiger partial charge < -0.3 is 0 Å². The number of rotatable bonds is 0. The molecule has 0 spiro atoms. The van der Waals surface area contributed by atoms with E-state index in [1.54, 1.807) is 22.7 Å². The largest absolute Gasteiger partial charge is 0.234 e. The van der Waals surface area contributed by atoms with Crippen LogP contribution < -0.4 is 0 Å². The monoisotopic (exact) mass is 191 g/mol. The van der Waals surface area contributed by atoms with Gasteiger partial charge in [0.1, 0.15) is 4.83 Å². The molecule has 2 heterocycles. The van der Waals surface area contributed by atoms with Crippen LogP contribution in [0.5, 0.6) is 0 Å². The van der Waals surface area contributed by atoms with Gasteiger partial charge in [-0.05, 0) is 6.07 Å². The summed E-state index contributed by atoms with van der Waals surface area (Å²) in [5.74, 6) is 0. The molecule has 0 aliphatic carbocycles. The molecule has 0 aliphatic heterocycles. The summed E-state index contributed by atoms with van der Waals surface area (Å²) >= 11 is 3.49. The summed E-state index contributed by atoms with van der Waals surface area (Å²) < 4.78 is 2.67. The summed E-state index contributed by atoms with van der Waals surface area (Å²) in [6.45, 7) is 0. The molecule has 0 saturated heterocycles. The van der Waals surface area contributed by atoms with Crippen LogP contribution in [0.1, 0.15) is 0 Å². The first-order chi connectivity index (χ1) is 5.95. The Bertz CT molecular complexity index is 534. The lowest BCUT2D eigenvalue weighted by molar-refractivity contribution is 1.54. The van der Waals surface area contributed by atoms with Gasteiger partial charge >= 0.3 is 0 Å². The zero-order chi connectivity index (χ0) is 7.97. The fourth-order valence-corrected chi connectivity index (χ4v) is 3.40. The summed E-state index contributed by atoms with van der Waals surface area (Å²) in [6, 6.07) is 8.46. The minimum Gasteiger partial charge on any atom is -0.234 e. The Hall–Kier alpha value is -0.930. The van der Waals surface area contributed by atoms with Crippen molar-refractivity contribution in [3.8, 4) is 0 Å². The summed E-state index contributed by atoms with van der Waals surface area (Å²) in [6.07, 6.45) is 0. The van der Waals surface area contributed by atoms with E-state index in [0.717, 1.165) is 0 Å². The predicted octanol–water partition coefficient (Wildman–Crippen LogP) is 3.51. The van der Waals surface area contributed by atoms with E-state index in [-0.39, 0.29) is 0 Å². The van der Waals surface area contributed by atoms with Crippen LogP contribution in [-0.2, 0) is 0 Å². The smallest absolute Gasteiger partial charge is 0.135 e. The van der Waals surface area contributed by atoms with Gasteiger partial charge in [0.2, 0.25) is 0 Å². The first kappa shape index (κ1) is 6.57. The van der Waals surface area contributed by atoms with Crippen molar-refractivity contribution in [2.24, 2.45) is 0 Å². The number of hydrogen-bond donors (Lipinski definition) is 0. The molecule has 0 aliphatic rings. The van der Waals surface area contributed by atoms with Crippen molar-refractivity contribution in [2.75, 3.05) is 0 Å². The van der Waals surface area contributed by atoms with Crippen LogP contribution >= 0.6 is 22.7 Å². The molecule has 12 heavy (non-hydrogen) atoms. The summed E-state index contributed by atoms with van der Waals surface area (Å²) in [4.78, 5) is 5.46. The molecular formula is C9H5NS2. The first-order valence-electron chi connectivity index (χ1n) is 3.66. The van der Waals surface area contributed by atoms with Crippen LogP contribution in [-0.4, -0.2) is 4.98 Å². The Morgan fingerprint density at radius 3 is 3.08 bits per heavy atom. The Labute approximate surface area is 77.3 Å². The third-order valence-electron chi connectivity index (χ3n) is 1.87. The molecule has 2 aromatic heterocycles. The minimum absolute atomic E-state index is 1.17. The van der Waals surface area contributed by atoms with E-state index in [2.05, 4.69) is 29.2 Å². The van der Waals surface area contributed by atoms with Crippen LogP contribution in [0, 0.1) is 0 Å². The molecule has 0 unspecified atom stereocenters. The van der Waals surface area contributed by atoms with Crippen LogP contribution in [0.25, 0.3) is 19.6 Å². The minimum atomic E-state index is 1.17. The first-order valence-corrected chi connectivity index (χ1v) is 5.35. The van der Waals surface area contributed by atoms with Gasteiger partial charge in [-0.2, -0.15) is 0 Å². The highest BCUT2D eigenvalue weighted by atomic mass is 32.1. The van der Waals surface area contributed by atoms with Crippen molar-refractivity contribution in [3.05, 3.63) is 29.8 Å². The molecular weight excluding hydrogens is 186 g/mol. The van der Waals surface area contributed by atoms with Crippen LogP contribution in [0.2, 0.25) is 0 Å². The summed E-state index contributed by atoms with van der Waals surface area (Å²) in [5, 5.41) is 1.35. The van der Waals surface area contributed by atoms with Gasteiger partial charge in [0.05, 0.1) is 10.2 Å². The van der Waals surface area contributed by atoms with Crippen molar-refractivity contribution < 1.29 is 0 Å². The Morgan fingerprint density at radius 2 is 2.08 bits per heavy atom. The van der Waals surface area contributed by atoms with Crippen LogP contribution in [0.15, 0.2) is 29.8 Å². The molecule has 0 bridgehead atoms. The van der Waals surface area contributed by atoms with Gasteiger partial charge in [-0.1, -0.05) is 18.2 Å². The highest BCUT2D eigenvalue weighted by molar-refractivity contribution is 7.31. The molecule has 3 aromatic rings. The average molecular weight is 191 g/mol. The second-order valence-electron chi connectivity index (χ2n) is 2.58. The van der Waals surface area contributed by atoms with Gasteiger partial charge in [-0.25, -0.2) is 4.98 Å². The fourth-order valence-electron chi connectivity index (χ4n) is 1.33. The number of hydrogen-bond acceptors (Lipinski definition) is 3. The van der Waals surface area contributed by atoms with E-state index in [1.165, 1.54) is 19.6 Å². The predicted molar refractivity (Wildman–Crippen MR) is 55.0 cm³/mol. The molecule has 0 amide bonds. The molecule has 1 nitrogen and oxygen atoms in total. The molecule has 1 aromatic carbocycles. The SMILES string of the molecule is c1ccc2c(c1)sc1ncsc12. The third kappa shape index (κ3) is 0.750. The number of nitrogens with zero attached hydrogens (tertiary/aromatic N) is 1. The molecule has 0 radical (unpaired) electrons. The van der Waals surface area contributed by atoms with Gasteiger partial charge in [-0.3, -0.25) is 0 Å². The Balaban J connectivity index is 2.68. The second kappa shape index (κ2) is 2.28. The van der Waals surface area contributed by atoms with Gasteiger partial charge in [0.15, 0.2) is 0 Å². The number of aromatic nitrogens is 1. The van der Waals surface area contributed by atoms with Gasteiger partial charge in [0, 0.05) is 10.1 Å². The lowest BCUT2D eigenvalue weighted by Gasteiger charge is -1.84. The van der Waals surface area contributed by atoms with E-state index in [4.69, 9.17) is 0 Å². The topological polar surface area (TPSA) is 12.9 Å². The average Bonchev–Trinajstić information content (AvgIpc) is 2.62. The zero-order valence-electron chi connectivity index (χ0n) is 6.15. The van der Waals surface area contributed by atoms with E-state index >= 15 is 0 Å². The normalized spacial score (nSPS) is 11.3. The van der Waals surface area contributed by atoms with E-state index in [0.29, 0.717) is 0 Å². The Kier molecular flexibility index (Phi) is 1.25. The summed E-state index contributed by atoms with van der Waals surface area (Å²) in [7, 11) is 0. The lowest BCUT2D eigenvalue weighted by atomic mass is 10.3. The van der Waals surface area contributed by atoms with E-state index in [9.17, 15) is 0 Å². The third-order valence-corrected chi connectivity index (χ3v) is 3.94. The standard InChI is InChI=1S/C9H5NS2/c1-2-4-7-6(3-1)8-9(12-7)10-5-11-8/h1-5H. The fraction of sp³-hybridized carbons (Fsp3) is 0. The second-order valence-corrected chi connectivity index (χ2v) is 4.47. The molecule has 3 heteroatoms. The van der Waals surface area contributed by atoms with Crippen molar-refractivity contribution in [1.29, 1.82) is 0 Å². The van der Waals surface area contributed by atoms with Gasteiger partial charge in [-0.15, -0.1) is 22.7 Å². The molecule has 0 fully saturated rings. The maximum absolute atomic E-state index is 4.29. The van der Waals surface area contributed by atoms with Crippen molar-refractivity contribution in [1.82, 2.24) is 4.98 Å². The number of thiazole rings is 1. The number of fused-ring (bicyclic) bond motifs is 3. The quantitative estimate of drug-likeness (QED) is 0.530. The maximum atomic E-state index is 4.29. The Morgan fingerprint density at radius 1 is 1.17 bits per heavy atom. The number of thiophene rings is 1. The van der Waals surface area contributed by atoms with Crippen molar-refractivity contribution in [3.63, 3.8) is 0 Å². The molecule has 0 saturated carbocycles. The highest BCUT2D eigenvalue weighted by Gasteiger charge is 2.04. The van der Waals surface area contributed by atoms with Gasteiger partial charge in [0.25, 0.3) is 0 Å². The molecule has 3 rings (SSSR count). The summed E-state index contributed by atoms with van der Waals surface area (Å²) in [5.41, 5.74) is 1.91. The van der Waals surface area contributed by atoms with Crippen molar-refractivity contribution in [2.45, 2.75) is 0 Å². The highest BCUT2D eigenvalue weighted by Crippen LogP contribution is 2.34. The zero-order valence-corrected chi connectivity index (χ0v) is 7.78. The van der Waals surface area contributed by atoms with Crippen LogP contribution in [0.3, 0.4) is 0 Å². The van der Waals surface area contributed by atoms with E-state index in [1.807, 2.05) is 5.51 Å². The molecule has 0 atom stereocenters. The van der Waals surface area contributed by atoms with Crippen LogP contribution in [0.4, 0.5) is 0 Å². The molecule has 0 N–H and O–H groups in total. The molecule has 58 valence electrons. The van der Waals surface area contributed by atoms with Crippen molar-refractivity contribution >= 4 is 42.3 Å².